The molecule has 2 aromatic rings. The number of rotatable bonds is 8. The summed E-state index contributed by atoms with van der Waals surface area (Å²) in [4.78, 5) is 25.7. The zero-order valence-electron chi connectivity index (χ0n) is 13.7. The van der Waals surface area contributed by atoms with Crippen LogP contribution in [0.4, 0.5) is 0 Å². The molecule has 4 nitrogen and oxygen atoms in total. The monoisotopic (exact) mass is 342 g/mol. The first-order chi connectivity index (χ1) is 11.7. The Bertz CT molecular complexity index is 679. The van der Waals surface area contributed by atoms with Crippen molar-refractivity contribution in [3.63, 3.8) is 0 Å². The van der Waals surface area contributed by atoms with Crippen molar-refractivity contribution in [3.05, 3.63) is 64.0 Å². The van der Waals surface area contributed by atoms with Gasteiger partial charge >= 0.3 is 0 Å². The largest absolute Gasteiger partial charge is 0.351 e. The van der Waals surface area contributed by atoms with Gasteiger partial charge in [0.25, 0.3) is 11.8 Å². The van der Waals surface area contributed by atoms with E-state index in [2.05, 4.69) is 17.6 Å². The average molecular weight is 342 g/mol. The van der Waals surface area contributed by atoms with E-state index >= 15 is 0 Å². The van der Waals surface area contributed by atoms with Crippen LogP contribution in [0.3, 0.4) is 0 Å². The number of unbranched alkanes of at least 4 members (excludes halogenated alkanes) is 2. The number of hydrogen-bond acceptors (Lipinski definition) is 3. The predicted molar refractivity (Wildman–Crippen MR) is 98.7 cm³/mol. The lowest BCUT2D eigenvalue weighted by Crippen LogP contribution is -2.35. The fourth-order valence-corrected chi connectivity index (χ4v) is 2.79. The lowest BCUT2D eigenvalue weighted by molar-refractivity contribution is -0.117. The third-order valence-electron chi connectivity index (χ3n) is 3.42. The molecule has 0 fully saturated rings. The molecule has 0 spiro atoms. The van der Waals surface area contributed by atoms with E-state index in [0.717, 1.165) is 24.1 Å². The molecule has 0 saturated carbocycles. The van der Waals surface area contributed by atoms with Gasteiger partial charge in [-0.05, 0) is 36.1 Å². The normalized spacial score (nSPS) is 11.1. The highest BCUT2D eigenvalue weighted by Gasteiger charge is 2.14. The summed E-state index contributed by atoms with van der Waals surface area (Å²) in [5.74, 6) is -0.550. The maximum absolute atomic E-state index is 12.4. The van der Waals surface area contributed by atoms with Gasteiger partial charge in [0, 0.05) is 17.0 Å². The Kier molecular flexibility index (Phi) is 7.23. The van der Waals surface area contributed by atoms with Gasteiger partial charge < -0.3 is 10.6 Å². The van der Waals surface area contributed by atoms with E-state index < -0.39 is 0 Å². The highest BCUT2D eigenvalue weighted by atomic mass is 32.1. The molecule has 126 valence electrons. The Labute approximate surface area is 146 Å². The van der Waals surface area contributed by atoms with E-state index in [1.807, 2.05) is 23.6 Å². The van der Waals surface area contributed by atoms with Gasteiger partial charge in [-0.15, -0.1) is 11.3 Å². The lowest BCUT2D eigenvalue weighted by Gasteiger charge is -2.10. The maximum atomic E-state index is 12.4. The van der Waals surface area contributed by atoms with Gasteiger partial charge in [-0.3, -0.25) is 9.59 Å². The second-order valence-electron chi connectivity index (χ2n) is 5.36. The van der Waals surface area contributed by atoms with Crippen molar-refractivity contribution in [1.29, 1.82) is 0 Å². The molecule has 24 heavy (non-hydrogen) atoms. The van der Waals surface area contributed by atoms with Crippen molar-refractivity contribution in [2.45, 2.75) is 26.2 Å². The third-order valence-corrected chi connectivity index (χ3v) is 4.24. The second-order valence-corrected chi connectivity index (χ2v) is 6.34. The fraction of sp³-hybridized carbons (Fsp3) is 0.263. The van der Waals surface area contributed by atoms with Crippen molar-refractivity contribution >= 4 is 29.2 Å². The maximum Gasteiger partial charge on any atom is 0.267 e. The minimum Gasteiger partial charge on any atom is -0.351 e. The van der Waals surface area contributed by atoms with Crippen molar-refractivity contribution in [3.8, 4) is 0 Å². The van der Waals surface area contributed by atoms with Crippen LogP contribution in [0, 0.1) is 0 Å². The van der Waals surface area contributed by atoms with Crippen LogP contribution in [0.1, 0.15) is 41.4 Å². The molecule has 0 bridgehead atoms. The molecule has 0 aliphatic rings. The van der Waals surface area contributed by atoms with Gasteiger partial charge in [0.1, 0.15) is 5.70 Å². The molecule has 5 heteroatoms. The molecular weight excluding hydrogens is 320 g/mol. The molecule has 0 aliphatic carbocycles. The zero-order chi connectivity index (χ0) is 17.2. The molecule has 0 atom stereocenters. The number of nitrogens with one attached hydrogen (secondary N) is 2. The number of benzene rings is 1. The first kappa shape index (κ1) is 17.9. The summed E-state index contributed by atoms with van der Waals surface area (Å²) in [6.07, 6.45) is 4.81. The van der Waals surface area contributed by atoms with Crippen molar-refractivity contribution in [1.82, 2.24) is 10.6 Å². The highest BCUT2D eigenvalue weighted by molar-refractivity contribution is 7.10. The number of amides is 2. The first-order valence-corrected chi connectivity index (χ1v) is 8.98. The van der Waals surface area contributed by atoms with Crippen LogP contribution in [0.15, 0.2) is 53.5 Å². The highest BCUT2D eigenvalue weighted by Crippen LogP contribution is 2.13. The Morgan fingerprint density at radius 3 is 2.54 bits per heavy atom. The van der Waals surface area contributed by atoms with E-state index in [1.54, 1.807) is 30.3 Å². The number of carbonyl (C=O) groups excluding carboxylic acids is 2. The molecule has 0 unspecified atom stereocenters. The Hall–Kier alpha value is -2.40. The predicted octanol–water partition coefficient (Wildman–Crippen LogP) is 3.83. The Morgan fingerprint density at radius 1 is 1.08 bits per heavy atom. The van der Waals surface area contributed by atoms with Crippen LogP contribution in [0.25, 0.3) is 6.08 Å². The van der Waals surface area contributed by atoms with E-state index in [-0.39, 0.29) is 17.5 Å². The summed E-state index contributed by atoms with van der Waals surface area (Å²) >= 11 is 1.52. The summed E-state index contributed by atoms with van der Waals surface area (Å²) in [5.41, 5.74) is 0.788. The van der Waals surface area contributed by atoms with Gasteiger partial charge in [0.05, 0.1) is 0 Å². The minimum absolute atomic E-state index is 0.260. The lowest BCUT2D eigenvalue weighted by atomic mass is 10.2. The van der Waals surface area contributed by atoms with E-state index in [1.165, 1.54) is 11.3 Å². The van der Waals surface area contributed by atoms with Gasteiger partial charge in [0.15, 0.2) is 0 Å². The van der Waals surface area contributed by atoms with E-state index in [4.69, 9.17) is 0 Å². The van der Waals surface area contributed by atoms with Crippen molar-refractivity contribution in [2.75, 3.05) is 6.54 Å². The van der Waals surface area contributed by atoms with Crippen LogP contribution in [-0.4, -0.2) is 18.4 Å². The number of hydrogen-bond donors (Lipinski definition) is 2. The molecule has 0 saturated heterocycles. The summed E-state index contributed by atoms with van der Waals surface area (Å²) in [6.45, 7) is 2.72. The molecular formula is C19H22N2O2S. The molecule has 0 aliphatic heterocycles. The fourth-order valence-electron chi connectivity index (χ4n) is 2.13. The quantitative estimate of drug-likeness (QED) is 0.566. The molecule has 2 amide bonds. The number of carbonyl (C=O) groups is 2. The Balaban J connectivity index is 2.08. The van der Waals surface area contributed by atoms with E-state index in [9.17, 15) is 9.59 Å². The standard InChI is InChI=1S/C19H22N2O2S/c1-2-3-7-12-20-19(23)17(14-16-11-8-13-24-16)21-18(22)15-9-5-4-6-10-15/h4-6,8-11,13-14H,2-3,7,12H2,1H3,(H,20,23)(H,21,22)/b17-14-. The smallest absolute Gasteiger partial charge is 0.267 e. The van der Waals surface area contributed by atoms with Crippen LogP contribution >= 0.6 is 11.3 Å². The summed E-state index contributed by atoms with van der Waals surface area (Å²) in [6, 6.07) is 12.7. The van der Waals surface area contributed by atoms with Crippen molar-refractivity contribution in [2.24, 2.45) is 0 Å². The topological polar surface area (TPSA) is 58.2 Å². The summed E-state index contributed by atoms with van der Waals surface area (Å²) < 4.78 is 0. The second kappa shape index (κ2) is 9.67. The third kappa shape index (κ3) is 5.66. The zero-order valence-corrected chi connectivity index (χ0v) is 14.6. The van der Waals surface area contributed by atoms with Crippen LogP contribution in [-0.2, 0) is 4.79 Å². The number of thiophene rings is 1. The van der Waals surface area contributed by atoms with Crippen LogP contribution in [0.5, 0.6) is 0 Å². The van der Waals surface area contributed by atoms with Crippen LogP contribution in [0.2, 0.25) is 0 Å². The average Bonchev–Trinajstić information content (AvgIpc) is 3.12. The molecule has 1 heterocycles. The van der Waals surface area contributed by atoms with Gasteiger partial charge in [-0.2, -0.15) is 0 Å². The SMILES string of the molecule is CCCCCNC(=O)/C(=C/c1cccs1)NC(=O)c1ccccc1. The molecule has 2 N–H and O–H groups in total. The first-order valence-electron chi connectivity index (χ1n) is 8.10. The molecule has 1 aromatic carbocycles. The molecule has 2 rings (SSSR count). The molecule has 0 radical (unpaired) electrons. The minimum atomic E-state index is -0.290. The Morgan fingerprint density at radius 2 is 1.88 bits per heavy atom. The van der Waals surface area contributed by atoms with Gasteiger partial charge in [0.2, 0.25) is 0 Å². The molecule has 1 aromatic heterocycles. The van der Waals surface area contributed by atoms with Crippen LogP contribution < -0.4 is 10.6 Å². The summed E-state index contributed by atoms with van der Waals surface area (Å²) in [7, 11) is 0. The van der Waals surface area contributed by atoms with Gasteiger partial charge in [-0.1, -0.05) is 44.0 Å². The van der Waals surface area contributed by atoms with Gasteiger partial charge in [-0.25, -0.2) is 0 Å². The van der Waals surface area contributed by atoms with E-state index in [0.29, 0.717) is 12.1 Å². The summed E-state index contributed by atoms with van der Waals surface area (Å²) in [5, 5.41) is 7.53. The van der Waals surface area contributed by atoms with Crippen molar-refractivity contribution < 1.29 is 9.59 Å².